The van der Waals surface area contributed by atoms with Crippen LogP contribution < -0.4 is 4.90 Å². The maximum atomic E-state index is 12.4. The molecule has 0 atom stereocenters. The van der Waals surface area contributed by atoms with Crippen LogP contribution in [0.25, 0.3) is 0 Å². The smallest absolute Gasteiger partial charge is 0.276 e. The van der Waals surface area contributed by atoms with Crippen molar-refractivity contribution in [3.8, 4) is 0 Å². The Morgan fingerprint density at radius 3 is 2.78 bits per heavy atom. The van der Waals surface area contributed by atoms with Gasteiger partial charge in [-0.3, -0.25) is 9.78 Å². The average molecular weight is 309 g/mol. The molecule has 0 saturated carbocycles. The number of amides is 1. The lowest BCUT2D eigenvalue weighted by Gasteiger charge is -2.20. The quantitative estimate of drug-likeness (QED) is 0.874. The molecule has 0 radical (unpaired) electrons. The van der Waals surface area contributed by atoms with Crippen LogP contribution in [-0.4, -0.2) is 27.0 Å². The van der Waals surface area contributed by atoms with Gasteiger partial charge in [0.2, 0.25) is 0 Å². The van der Waals surface area contributed by atoms with Gasteiger partial charge in [0, 0.05) is 19.8 Å². The first-order chi connectivity index (χ1) is 8.65. The highest BCUT2D eigenvalue weighted by atomic mass is 79.9. The van der Waals surface area contributed by atoms with Gasteiger partial charge in [-0.25, -0.2) is 4.98 Å². The molecular weight excluding hydrogens is 296 g/mol. The number of pyridine rings is 1. The second kappa shape index (κ2) is 5.30. The summed E-state index contributed by atoms with van der Waals surface area (Å²) < 4.78 is 2.34. The fraction of sp³-hybridized carbons (Fsp3) is 0.250. The zero-order valence-corrected chi connectivity index (χ0v) is 11.8. The number of halogens is 1. The lowest BCUT2D eigenvalue weighted by atomic mass is 10.3. The summed E-state index contributed by atoms with van der Waals surface area (Å²) in [5.74, 6) is -0.0915. The maximum Gasteiger partial charge on any atom is 0.276 e. The Kier molecular flexibility index (Phi) is 3.76. The molecular formula is C12H13BrN4O. The zero-order chi connectivity index (χ0) is 13.1. The fourth-order valence-corrected chi connectivity index (χ4v) is 1.97. The predicted molar refractivity (Wildman–Crippen MR) is 72.5 cm³/mol. The fourth-order valence-electron chi connectivity index (χ4n) is 1.68. The van der Waals surface area contributed by atoms with Gasteiger partial charge in [-0.05, 0) is 35.0 Å². The molecule has 0 unspecified atom stereocenters. The molecule has 0 fully saturated rings. The summed E-state index contributed by atoms with van der Waals surface area (Å²) in [5, 5.41) is 0. The number of imidazole rings is 1. The molecule has 0 N–H and O–H groups in total. The van der Waals surface area contributed by atoms with Gasteiger partial charge in [-0.2, -0.15) is 0 Å². The summed E-state index contributed by atoms with van der Waals surface area (Å²) in [6.45, 7) is 2.50. The van der Waals surface area contributed by atoms with Gasteiger partial charge in [0.15, 0.2) is 4.73 Å². The van der Waals surface area contributed by atoms with Gasteiger partial charge in [-0.1, -0.05) is 0 Å². The number of nitrogens with zero attached hydrogens (tertiary/aromatic N) is 4. The van der Waals surface area contributed by atoms with E-state index < -0.39 is 0 Å². The average Bonchev–Trinajstić information content (AvgIpc) is 2.72. The van der Waals surface area contributed by atoms with Gasteiger partial charge >= 0.3 is 0 Å². The van der Waals surface area contributed by atoms with Crippen molar-refractivity contribution in [1.82, 2.24) is 14.5 Å². The number of carbonyl (C=O) groups excluding carboxylic acids is 1. The van der Waals surface area contributed by atoms with E-state index in [1.165, 1.54) is 0 Å². The number of hydrogen-bond acceptors (Lipinski definition) is 3. The number of carbonyl (C=O) groups is 1. The molecule has 6 heteroatoms. The molecule has 94 valence electrons. The minimum atomic E-state index is -0.0915. The van der Waals surface area contributed by atoms with E-state index in [1.807, 2.05) is 19.1 Å². The van der Waals surface area contributed by atoms with Gasteiger partial charge in [0.25, 0.3) is 5.91 Å². The van der Waals surface area contributed by atoms with E-state index in [-0.39, 0.29) is 5.91 Å². The molecule has 18 heavy (non-hydrogen) atoms. The molecule has 0 saturated heterocycles. The van der Waals surface area contributed by atoms with Crippen molar-refractivity contribution in [2.45, 2.75) is 6.92 Å². The molecule has 0 bridgehead atoms. The van der Waals surface area contributed by atoms with Crippen molar-refractivity contribution in [2.24, 2.45) is 7.05 Å². The lowest BCUT2D eigenvalue weighted by molar-refractivity contribution is 0.0980. The SMILES string of the molecule is CCN(C(=O)c1cnc(Br)n1C)c1cccnc1. The minimum Gasteiger partial charge on any atom is -0.318 e. The Morgan fingerprint density at radius 1 is 1.50 bits per heavy atom. The second-order valence-electron chi connectivity index (χ2n) is 3.73. The van der Waals surface area contributed by atoms with Crippen molar-refractivity contribution in [3.63, 3.8) is 0 Å². The monoisotopic (exact) mass is 308 g/mol. The molecule has 0 aromatic carbocycles. The van der Waals surface area contributed by atoms with E-state index in [9.17, 15) is 4.79 Å². The van der Waals surface area contributed by atoms with Crippen LogP contribution in [0.1, 0.15) is 17.4 Å². The zero-order valence-electron chi connectivity index (χ0n) is 10.2. The van der Waals surface area contributed by atoms with E-state index in [2.05, 4.69) is 25.9 Å². The first-order valence-corrected chi connectivity index (χ1v) is 6.33. The highest BCUT2D eigenvalue weighted by molar-refractivity contribution is 9.10. The summed E-state index contributed by atoms with van der Waals surface area (Å²) >= 11 is 3.28. The predicted octanol–water partition coefficient (Wildman–Crippen LogP) is 2.24. The Morgan fingerprint density at radius 2 is 2.28 bits per heavy atom. The van der Waals surface area contributed by atoms with Crippen molar-refractivity contribution < 1.29 is 4.79 Å². The third kappa shape index (κ3) is 2.28. The van der Waals surface area contributed by atoms with Crippen LogP contribution in [-0.2, 0) is 7.05 Å². The third-order valence-corrected chi connectivity index (χ3v) is 3.41. The van der Waals surface area contributed by atoms with Crippen LogP contribution in [0.5, 0.6) is 0 Å². The van der Waals surface area contributed by atoms with Crippen molar-refractivity contribution >= 4 is 27.5 Å². The van der Waals surface area contributed by atoms with Crippen molar-refractivity contribution in [1.29, 1.82) is 0 Å². The first kappa shape index (κ1) is 12.8. The number of anilines is 1. The molecule has 5 nitrogen and oxygen atoms in total. The van der Waals surface area contributed by atoms with E-state index in [1.54, 1.807) is 35.1 Å². The number of rotatable bonds is 3. The number of hydrogen-bond donors (Lipinski definition) is 0. The lowest BCUT2D eigenvalue weighted by Crippen LogP contribution is -2.32. The summed E-state index contributed by atoms with van der Waals surface area (Å²) in [6, 6.07) is 3.67. The van der Waals surface area contributed by atoms with Crippen LogP contribution in [0.3, 0.4) is 0 Å². The summed E-state index contributed by atoms with van der Waals surface area (Å²) in [7, 11) is 1.79. The Balaban J connectivity index is 2.35. The molecule has 0 aliphatic carbocycles. The highest BCUT2D eigenvalue weighted by Gasteiger charge is 2.20. The van der Waals surface area contributed by atoms with E-state index in [0.717, 1.165) is 5.69 Å². The van der Waals surface area contributed by atoms with E-state index in [0.29, 0.717) is 17.0 Å². The molecule has 2 aromatic heterocycles. The molecule has 1 amide bonds. The maximum absolute atomic E-state index is 12.4. The molecule has 0 aliphatic heterocycles. The Bertz CT molecular complexity index is 552. The molecule has 2 rings (SSSR count). The molecule has 2 aromatic rings. The summed E-state index contributed by atoms with van der Waals surface area (Å²) in [4.78, 5) is 22.2. The van der Waals surface area contributed by atoms with Crippen LogP contribution >= 0.6 is 15.9 Å². The molecule has 0 aliphatic rings. The normalized spacial score (nSPS) is 10.4. The Hall–Kier alpha value is -1.69. The van der Waals surface area contributed by atoms with Gasteiger partial charge in [0.05, 0.1) is 18.1 Å². The standard InChI is InChI=1S/C12H13BrN4O/c1-3-17(9-5-4-6-14-7-9)11(18)10-8-15-12(13)16(10)2/h4-8H,3H2,1-2H3. The van der Waals surface area contributed by atoms with Gasteiger partial charge in [-0.15, -0.1) is 0 Å². The molecule has 0 spiro atoms. The van der Waals surface area contributed by atoms with Gasteiger partial charge < -0.3 is 9.47 Å². The molecule has 2 heterocycles. The van der Waals surface area contributed by atoms with Crippen LogP contribution in [0.2, 0.25) is 0 Å². The number of aromatic nitrogens is 3. The summed E-state index contributed by atoms with van der Waals surface area (Å²) in [5.41, 5.74) is 1.31. The second-order valence-corrected chi connectivity index (χ2v) is 4.44. The topological polar surface area (TPSA) is 51.0 Å². The van der Waals surface area contributed by atoms with E-state index >= 15 is 0 Å². The first-order valence-electron chi connectivity index (χ1n) is 5.54. The largest absolute Gasteiger partial charge is 0.318 e. The van der Waals surface area contributed by atoms with Crippen molar-refractivity contribution in [2.75, 3.05) is 11.4 Å². The summed E-state index contributed by atoms with van der Waals surface area (Å²) in [6.07, 6.45) is 4.92. The minimum absolute atomic E-state index is 0.0915. The Labute approximate surface area is 114 Å². The van der Waals surface area contributed by atoms with Crippen LogP contribution in [0.15, 0.2) is 35.5 Å². The highest BCUT2D eigenvalue weighted by Crippen LogP contribution is 2.17. The van der Waals surface area contributed by atoms with Crippen LogP contribution in [0.4, 0.5) is 5.69 Å². The third-order valence-electron chi connectivity index (χ3n) is 2.67. The van der Waals surface area contributed by atoms with E-state index in [4.69, 9.17) is 0 Å². The van der Waals surface area contributed by atoms with Crippen LogP contribution in [0, 0.1) is 0 Å². The van der Waals surface area contributed by atoms with Crippen molar-refractivity contribution in [3.05, 3.63) is 41.2 Å². The van der Waals surface area contributed by atoms with Gasteiger partial charge in [0.1, 0.15) is 5.69 Å².